The molecule has 4 heteroatoms. The highest BCUT2D eigenvalue weighted by molar-refractivity contribution is 7.71. The monoisotopic (exact) mass is 144 g/mol. The zero-order chi connectivity index (χ0) is 6.85. The molecule has 0 saturated heterocycles. The predicted molar refractivity (Wildman–Crippen MR) is 34.1 cm³/mol. The number of nitrogens with one attached hydrogen (secondary N) is 1. The van der Waals surface area contributed by atoms with Crippen molar-refractivity contribution in [2.75, 3.05) is 0 Å². The fourth-order valence-electron chi connectivity index (χ4n) is 0.481. The molecule has 0 aromatic carbocycles. The highest BCUT2D eigenvalue weighted by Gasteiger charge is 1.93. The first-order valence-corrected chi connectivity index (χ1v) is 2.82. The summed E-state index contributed by atoms with van der Waals surface area (Å²) in [6.07, 6.45) is 1.28. The van der Waals surface area contributed by atoms with Crippen LogP contribution in [0.5, 0.6) is 0 Å². The summed E-state index contributed by atoms with van der Waals surface area (Å²) in [5, 5.41) is 0. The topological polar surface area (TPSA) is 28.7 Å². The van der Waals surface area contributed by atoms with Crippen molar-refractivity contribution in [3.05, 3.63) is 22.5 Å². The molecular formula is C5H5FN2S. The molecule has 1 heterocycles. The van der Waals surface area contributed by atoms with E-state index in [1.807, 2.05) is 0 Å². The zero-order valence-electron chi connectivity index (χ0n) is 4.81. The van der Waals surface area contributed by atoms with Crippen LogP contribution in [0.25, 0.3) is 0 Å². The molecule has 0 aliphatic heterocycles. The molecule has 0 fully saturated rings. The van der Waals surface area contributed by atoms with Crippen LogP contribution in [0.3, 0.4) is 0 Å². The maximum Gasteiger partial charge on any atom is 0.232 e. The molecule has 0 saturated carbocycles. The lowest BCUT2D eigenvalue weighted by Crippen LogP contribution is -1.90. The molecule has 1 aromatic heterocycles. The molecule has 1 N–H and O–H groups in total. The lowest BCUT2D eigenvalue weighted by atomic mass is 10.5. The van der Waals surface area contributed by atoms with E-state index in [1.54, 1.807) is 6.92 Å². The highest BCUT2D eigenvalue weighted by atomic mass is 32.1. The van der Waals surface area contributed by atoms with Crippen LogP contribution in [-0.4, -0.2) is 9.97 Å². The summed E-state index contributed by atoms with van der Waals surface area (Å²) < 4.78 is 12.8. The summed E-state index contributed by atoms with van der Waals surface area (Å²) in [5.74, 6) is -0.497. The van der Waals surface area contributed by atoms with Crippen LogP contribution in [0.2, 0.25) is 0 Å². The third kappa shape index (κ3) is 1.32. The summed E-state index contributed by atoms with van der Waals surface area (Å²) >= 11 is 4.67. The number of aromatic amines is 1. The minimum absolute atomic E-state index is 0.377. The molecule has 0 aliphatic rings. The number of aryl methyl sites for hydroxylation is 1. The molecule has 0 spiro atoms. The summed E-state index contributed by atoms with van der Waals surface area (Å²) in [5.41, 5.74) is 0.377. The number of halogens is 1. The van der Waals surface area contributed by atoms with Crippen molar-refractivity contribution in [1.29, 1.82) is 0 Å². The van der Waals surface area contributed by atoms with Gasteiger partial charge in [-0.05, 0) is 6.92 Å². The van der Waals surface area contributed by atoms with Gasteiger partial charge in [-0.3, -0.25) is 0 Å². The van der Waals surface area contributed by atoms with E-state index in [4.69, 9.17) is 0 Å². The Bertz CT molecular complexity index is 268. The fraction of sp³-hybridized carbons (Fsp3) is 0.200. The highest BCUT2D eigenvalue weighted by Crippen LogP contribution is 1.95. The standard InChI is InChI=1S/C5H5FN2S/c1-3-5(6)7-2-4(9)8-3/h2H,1H3,(H,8,9). The number of rotatable bonds is 0. The first kappa shape index (κ1) is 6.35. The van der Waals surface area contributed by atoms with Gasteiger partial charge >= 0.3 is 0 Å². The van der Waals surface area contributed by atoms with Gasteiger partial charge in [-0.2, -0.15) is 4.39 Å². The summed E-state index contributed by atoms with van der Waals surface area (Å²) in [6.45, 7) is 1.58. The van der Waals surface area contributed by atoms with Gasteiger partial charge in [0.15, 0.2) is 0 Å². The Hall–Kier alpha value is -0.770. The van der Waals surface area contributed by atoms with Gasteiger partial charge in [-0.25, -0.2) is 4.98 Å². The van der Waals surface area contributed by atoms with E-state index in [0.29, 0.717) is 10.3 Å². The van der Waals surface area contributed by atoms with Gasteiger partial charge in [-0.15, -0.1) is 0 Å². The summed E-state index contributed by atoms with van der Waals surface area (Å²) in [7, 11) is 0. The summed E-state index contributed by atoms with van der Waals surface area (Å²) in [6, 6.07) is 0. The van der Waals surface area contributed by atoms with Crippen molar-refractivity contribution in [2.24, 2.45) is 0 Å². The zero-order valence-corrected chi connectivity index (χ0v) is 5.63. The Morgan fingerprint density at radius 1 is 1.78 bits per heavy atom. The van der Waals surface area contributed by atoms with Crippen LogP contribution in [-0.2, 0) is 0 Å². The van der Waals surface area contributed by atoms with E-state index in [-0.39, 0.29) is 0 Å². The second-order valence-electron chi connectivity index (χ2n) is 1.66. The Morgan fingerprint density at radius 2 is 2.44 bits per heavy atom. The van der Waals surface area contributed by atoms with E-state index >= 15 is 0 Å². The average molecular weight is 144 g/mol. The van der Waals surface area contributed by atoms with Crippen molar-refractivity contribution in [1.82, 2.24) is 9.97 Å². The van der Waals surface area contributed by atoms with E-state index in [0.717, 1.165) is 0 Å². The second kappa shape index (κ2) is 2.23. The molecule has 1 rings (SSSR count). The summed E-state index contributed by atoms with van der Waals surface area (Å²) in [4.78, 5) is 5.99. The quantitative estimate of drug-likeness (QED) is 0.560. The van der Waals surface area contributed by atoms with Crippen LogP contribution in [0.4, 0.5) is 4.39 Å². The van der Waals surface area contributed by atoms with E-state index in [2.05, 4.69) is 22.2 Å². The van der Waals surface area contributed by atoms with Crippen LogP contribution < -0.4 is 0 Å². The van der Waals surface area contributed by atoms with Gasteiger partial charge in [0.2, 0.25) is 5.95 Å². The first-order valence-electron chi connectivity index (χ1n) is 2.41. The number of nitrogens with zero attached hydrogens (tertiary/aromatic N) is 1. The smallest absolute Gasteiger partial charge is 0.232 e. The van der Waals surface area contributed by atoms with Crippen molar-refractivity contribution >= 4 is 12.2 Å². The van der Waals surface area contributed by atoms with Crippen molar-refractivity contribution in [2.45, 2.75) is 6.92 Å². The Balaban J connectivity index is 3.34. The predicted octanol–water partition coefficient (Wildman–Crippen LogP) is 1.59. The second-order valence-corrected chi connectivity index (χ2v) is 2.10. The molecule has 0 bridgehead atoms. The fourth-order valence-corrected chi connectivity index (χ4v) is 0.687. The number of hydrogen-bond acceptors (Lipinski definition) is 2. The molecule has 0 unspecified atom stereocenters. The van der Waals surface area contributed by atoms with Crippen molar-refractivity contribution in [3.63, 3.8) is 0 Å². The third-order valence-electron chi connectivity index (χ3n) is 0.915. The lowest BCUT2D eigenvalue weighted by Gasteiger charge is -1.91. The maximum absolute atomic E-state index is 12.3. The molecule has 9 heavy (non-hydrogen) atoms. The minimum atomic E-state index is -0.497. The van der Waals surface area contributed by atoms with Gasteiger partial charge in [0.05, 0.1) is 11.9 Å². The molecule has 2 nitrogen and oxygen atoms in total. The van der Waals surface area contributed by atoms with Gasteiger partial charge in [0, 0.05) is 0 Å². The number of aromatic nitrogens is 2. The molecule has 0 radical (unpaired) electrons. The first-order chi connectivity index (χ1) is 4.20. The molecule has 0 atom stereocenters. The Kier molecular flexibility index (Phi) is 1.57. The normalized spacial score (nSPS) is 9.56. The Labute approximate surface area is 56.8 Å². The van der Waals surface area contributed by atoms with Gasteiger partial charge in [-0.1, -0.05) is 12.2 Å². The van der Waals surface area contributed by atoms with Crippen LogP contribution >= 0.6 is 12.2 Å². The Morgan fingerprint density at radius 3 is 2.89 bits per heavy atom. The number of H-pyrrole nitrogens is 1. The van der Waals surface area contributed by atoms with Crippen LogP contribution in [0.15, 0.2) is 6.20 Å². The maximum atomic E-state index is 12.3. The molecule has 48 valence electrons. The molecule has 0 amide bonds. The molecule has 0 aliphatic carbocycles. The minimum Gasteiger partial charge on any atom is -0.345 e. The van der Waals surface area contributed by atoms with E-state index in [9.17, 15) is 4.39 Å². The van der Waals surface area contributed by atoms with E-state index in [1.165, 1.54) is 6.20 Å². The van der Waals surface area contributed by atoms with E-state index < -0.39 is 5.95 Å². The van der Waals surface area contributed by atoms with Gasteiger partial charge < -0.3 is 4.98 Å². The van der Waals surface area contributed by atoms with Crippen LogP contribution in [0, 0.1) is 17.5 Å². The number of hydrogen-bond donors (Lipinski definition) is 1. The largest absolute Gasteiger partial charge is 0.345 e. The SMILES string of the molecule is Cc1[nH]c(=S)cnc1F. The van der Waals surface area contributed by atoms with Crippen LogP contribution in [0.1, 0.15) is 5.69 Å². The lowest BCUT2D eigenvalue weighted by molar-refractivity contribution is 0.564. The van der Waals surface area contributed by atoms with Gasteiger partial charge in [0.1, 0.15) is 4.64 Å². The third-order valence-corrected chi connectivity index (χ3v) is 1.12. The average Bonchev–Trinajstić information content (AvgIpc) is 1.80. The van der Waals surface area contributed by atoms with Crippen molar-refractivity contribution < 1.29 is 4.39 Å². The molecular weight excluding hydrogens is 139 g/mol. The van der Waals surface area contributed by atoms with Gasteiger partial charge in [0.25, 0.3) is 0 Å². The molecule has 1 aromatic rings. The van der Waals surface area contributed by atoms with Crippen molar-refractivity contribution in [3.8, 4) is 0 Å².